The van der Waals surface area contributed by atoms with E-state index in [1.807, 2.05) is 0 Å². The van der Waals surface area contributed by atoms with E-state index in [-0.39, 0.29) is 29.0 Å². The lowest BCUT2D eigenvalue weighted by atomic mass is 9.98. The van der Waals surface area contributed by atoms with Gasteiger partial charge in [-0.2, -0.15) is 0 Å². The molecule has 0 aromatic rings. The molecular weight excluding hydrogens is 208 g/mol. The van der Waals surface area contributed by atoms with Crippen molar-refractivity contribution in [3.63, 3.8) is 0 Å². The number of rotatable bonds is 6. The average Bonchev–Trinajstić information content (AvgIpc) is 2.11. The molecule has 0 aromatic carbocycles. The summed E-state index contributed by atoms with van der Waals surface area (Å²) in [7, 11) is 0. The Hall–Kier alpha value is -1.17. The van der Waals surface area contributed by atoms with E-state index >= 15 is 0 Å². The third kappa shape index (κ3) is 4.18. The summed E-state index contributed by atoms with van der Waals surface area (Å²) < 4.78 is 10.5. The molecule has 0 fully saturated rings. The van der Waals surface area contributed by atoms with Gasteiger partial charge >= 0.3 is 11.9 Å². The molecule has 0 spiro atoms. The second-order valence-corrected chi connectivity index (χ2v) is 3.42. The first-order valence-electron chi connectivity index (χ1n) is 4.13. The zero-order chi connectivity index (χ0) is 11.1. The van der Waals surface area contributed by atoms with Crippen LogP contribution >= 0.6 is 0 Å². The van der Waals surface area contributed by atoms with Gasteiger partial charge in [-0.3, -0.25) is 9.59 Å². The Kier molecular flexibility index (Phi) is 5.78. The van der Waals surface area contributed by atoms with Crippen LogP contribution in [0.2, 0.25) is 0 Å². The van der Waals surface area contributed by atoms with Crippen molar-refractivity contribution in [1.82, 2.24) is 0 Å². The van der Waals surface area contributed by atoms with Gasteiger partial charge in [-0.25, -0.2) is 4.21 Å². The van der Waals surface area contributed by atoms with E-state index in [4.69, 9.17) is 10.2 Å². The second kappa shape index (κ2) is 6.31. The standard InChI is InChI=1S/C8H12O5S/c1-2-6(14-13)5(8(11)12)3-4-7(9)10/h5H,2-4H2,1H3,(H,9,10)(H,11,12). The van der Waals surface area contributed by atoms with Crippen LogP contribution in [0.25, 0.3) is 0 Å². The zero-order valence-corrected chi connectivity index (χ0v) is 8.54. The van der Waals surface area contributed by atoms with Crippen LogP contribution in [0.5, 0.6) is 0 Å². The molecule has 0 aliphatic rings. The molecule has 0 heterocycles. The van der Waals surface area contributed by atoms with Crippen molar-refractivity contribution >= 4 is 28.1 Å². The number of carboxylic acids is 2. The highest BCUT2D eigenvalue weighted by Crippen LogP contribution is 2.10. The summed E-state index contributed by atoms with van der Waals surface area (Å²) in [5, 5.41) is 17.1. The Morgan fingerprint density at radius 3 is 2.21 bits per heavy atom. The van der Waals surface area contributed by atoms with Crippen molar-refractivity contribution in [3.8, 4) is 0 Å². The predicted octanol–water partition coefficient (Wildman–Crippen LogP) is 0.347. The third-order valence-electron chi connectivity index (χ3n) is 1.79. The van der Waals surface area contributed by atoms with Crippen LogP contribution in [-0.2, 0) is 20.8 Å². The van der Waals surface area contributed by atoms with Gasteiger partial charge in [0.15, 0.2) is 0 Å². The van der Waals surface area contributed by atoms with E-state index in [9.17, 15) is 13.8 Å². The monoisotopic (exact) mass is 220 g/mol. The molecule has 1 unspecified atom stereocenters. The van der Waals surface area contributed by atoms with Crippen LogP contribution < -0.4 is 0 Å². The molecule has 0 amide bonds. The van der Waals surface area contributed by atoms with Crippen LogP contribution in [0.1, 0.15) is 26.2 Å². The molecule has 0 saturated carbocycles. The quantitative estimate of drug-likeness (QED) is 0.630. The second-order valence-electron chi connectivity index (χ2n) is 2.73. The Bertz CT molecular complexity index is 279. The van der Waals surface area contributed by atoms with Crippen molar-refractivity contribution in [2.45, 2.75) is 26.2 Å². The highest BCUT2D eigenvalue weighted by molar-refractivity contribution is 7.66. The Balaban J connectivity index is 4.52. The van der Waals surface area contributed by atoms with Crippen molar-refractivity contribution < 1.29 is 24.0 Å². The Labute approximate surface area is 84.8 Å². The molecule has 0 radical (unpaired) electrons. The maximum absolute atomic E-state index is 10.7. The number of hydrogen-bond donors (Lipinski definition) is 2. The summed E-state index contributed by atoms with van der Waals surface area (Å²) in [4.78, 5) is 21.2. The molecule has 80 valence electrons. The van der Waals surface area contributed by atoms with Crippen LogP contribution in [0.15, 0.2) is 0 Å². The first-order chi connectivity index (χ1) is 6.52. The lowest BCUT2D eigenvalue weighted by Gasteiger charge is -2.09. The number of aliphatic carboxylic acids is 2. The fraction of sp³-hybridized carbons (Fsp3) is 0.625. The maximum atomic E-state index is 10.7. The SMILES string of the molecule is CCC(=S=O)C(CCC(=O)O)C(=O)O. The Morgan fingerprint density at radius 1 is 1.36 bits per heavy atom. The lowest BCUT2D eigenvalue weighted by molar-refractivity contribution is -0.140. The summed E-state index contributed by atoms with van der Waals surface area (Å²) >= 11 is 0.151. The van der Waals surface area contributed by atoms with E-state index in [2.05, 4.69) is 0 Å². The summed E-state index contributed by atoms with van der Waals surface area (Å²) in [6.45, 7) is 1.68. The fourth-order valence-electron chi connectivity index (χ4n) is 1.05. The van der Waals surface area contributed by atoms with Gasteiger partial charge < -0.3 is 10.2 Å². The predicted molar refractivity (Wildman–Crippen MR) is 51.4 cm³/mol. The number of hydrogen-bond acceptors (Lipinski definition) is 3. The minimum absolute atomic E-state index is 0.0247. The summed E-state index contributed by atoms with van der Waals surface area (Å²) in [5.41, 5.74) is 0. The first-order valence-corrected chi connectivity index (χ1v) is 4.87. The van der Waals surface area contributed by atoms with Crippen LogP contribution in [0.4, 0.5) is 0 Å². The lowest BCUT2D eigenvalue weighted by Crippen LogP contribution is -2.24. The number of carboxylic acid groups (broad SMARTS) is 2. The number of carbonyl (C=O) groups is 2. The summed E-state index contributed by atoms with van der Waals surface area (Å²) in [5.74, 6) is -3.13. The van der Waals surface area contributed by atoms with E-state index in [1.165, 1.54) is 0 Å². The van der Waals surface area contributed by atoms with Gasteiger partial charge in [0.1, 0.15) is 0 Å². The molecule has 0 rings (SSSR count). The smallest absolute Gasteiger partial charge is 0.311 e. The minimum Gasteiger partial charge on any atom is -0.481 e. The molecule has 2 N–H and O–H groups in total. The molecule has 0 aliphatic carbocycles. The largest absolute Gasteiger partial charge is 0.481 e. The summed E-state index contributed by atoms with van der Waals surface area (Å²) in [6.07, 6.45) is 0.0921. The van der Waals surface area contributed by atoms with Crippen molar-refractivity contribution in [1.29, 1.82) is 0 Å². The first kappa shape index (κ1) is 12.8. The van der Waals surface area contributed by atoms with Gasteiger partial charge in [0.05, 0.1) is 17.2 Å². The van der Waals surface area contributed by atoms with Crippen LogP contribution in [0, 0.1) is 5.92 Å². The molecular formula is C8H12O5S. The van der Waals surface area contributed by atoms with Crippen molar-refractivity contribution in [2.75, 3.05) is 0 Å². The zero-order valence-electron chi connectivity index (χ0n) is 7.73. The molecule has 0 saturated heterocycles. The molecule has 1 atom stereocenters. The highest BCUT2D eigenvalue weighted by Gasteiger charge is 2.23. The molecule has 5 nitrogen and oxygen atoms in total. The van der Waals surface area contributed by atoms with Crippen LogP contribution in [-0.4, -0.2) is 31.2 Å². The minimum atomic E-state index is -1.13. The molecule has 0 bridgehead atoms. The molecule has 0 aliphatic heterocycles. The average molecular weight is 220 g/mol. The normalized spacial score (nSPS) is 11.8. The van der Waals surface area contributed by atoms with Crippen molar-refractivity contribution in [3.05, 3.63) is 0 Å². The maximum Gasteiger partial charge on any atom is 0.311 e. The van der Waals surface area contributed by atoms with E-state index in [1.54, 1.807) is 6.92 Å². The molecule has 14 heavy (non-hydrogen) atoms. The topological polar surface area (TPSA) is 91.7 Å². The van der Waals surface area contributed by atoms with Gasteiger partial charge in [0, 0.05) is 11.3 Å². The van der Waals surface area contributed by atoms with Crippen molar-refractivity contribution in [2.24, 2.45) is 5.92 Å². The highest BCUT2D eigenvalue weighted by atomic mass is 32.1. The molecule has 0 aromatic heterocycles. The molecule has 6 heteroatoms. The van der Waals surface area contributed by atoms with Gasteiger partial charge in [-0.05, 0) is 12.8 Å². The van der Waals surface area contributed by atoms with Crippen LogP contribution in [0.3, 0.4) is 0 Å². The van der Waals surface area contributed by atoms with Gasteiger partial charge in [0.25, 0.3) is 0 Å². The van der Waals surface area contributed by atoms with Gasteiger partial charge in [-0.15, -0.1) is 0 Å². The van der Waals surface area contributed by atoms with Gasteiger partial charge in [0.2, 0.25) is 0 Å². The van der Waals surface area contributed by atoms with E-state index in [0.717, 1.165) is 0 Å². The van der Waals surface area contributed by atoms with E-state index < -0.39 is 17.9 Å². The summed E-state index contributed by atoms with van der Waals surface area (Å²) in [6, 6.07) is 0. The third-order valence-corrected chi connectivity index (χ3v) is 2.58. The van der Waals surface area contributed by atoms with E-state index in [0.29, 0.717) is 6.42 Å². The fourth-order valence-corrected chi connectivity index (χ4v) is 1.51. The van der Waals surface area contributed by atoms with Gasteiger partial charge in [-0.1, -0.05) is 6.92 Å². The Morgan fingerprint density at radius 2 is 1.93 bits per heavy atom.